The van der Waals surface area contributed by atoms with Gasteiger partial charge < -0.3 is 10.5 Å². The van der Waals surface area contributed by atoms with Crippen molar-refractivity contribution in [2.75, 3.05) is 5.73 Å². The molecule has 3 nitrogen and oxygen atoms in total. The molecule has 0 aliphatic rings. The number of nitrogen functional groups attached to an aromatic ring is 1. The van der Waals surface area contributed by atoms with E-state index in [4.69, 9.17) is 10.5 Å². The molecule has 0 atom stereocenters. The quantitative estimate of drug-likeness (QED) is 0.740. The number of nitrogens with two attached hydrogens (primary N) is 1. The predicted molar refractivity (Wildman–Crippen MR) is 93.1 cm³/mol. The minimum Gasteiger partial charge on any atom is -0.489 e. The van der Waals surface area contributed by atoms with Gasteiger partial charge in [-0.15, -0.1) is 28.3 Å². The molecule has 2 aromatic carbocycles. The Hall–Kier alpha value is -1.85. The normalized spacial score (nSPS) is 9.90. The van der Waals surface area contributed by atoms with Crippen LogP contribution in [0.15, 0.2) is 60.0 Å². The lowest BCUT2D eigenvalue weighted by atomic mass is 10.2. The highest BCUT2D eigenvalue weighted by molar-refractivity contribution is 8.93. The van der Waals surface area contributed by atoms with Crippen LogP contribution in [0.25, 0.3) is 11.3 Å². The van der Waals surface area contributed by atoms with E-state index < -0.39 is 0 Å². The molecule has 0 amide bonds. The van der Waals surface area contributed by atoms with Gasteiger partial charge in [0.1, 0.15) is 12.4 Å². The van der Waals surface area contributed by atoms with Crippen LogP contribution in [-0.2, 0) is 6.61 Å². The topological polar surface area (TPSA) is 48.1 Å². The molecular formula is C16H15BrN2OS. The Morgan fingerprint density at radius 1 is 1.00 bits per heavy atom. The van der Waals surface area contributed by atoms with E-state index in [0.29, 0.717) is 11.7 Å². The number of hydrogen-bond donors (Lipinski definition) is 1. The summed E-state index contributed by atoms with van der Waals surface area (Å²) in [6, 6.07) is 18.0. The van der Waals surface area contributed by atoms with Gasteiger partial charge >= 0.3 is 0 Å². The Kier molecular flexibility index (Phi) is 5.36. The summed E-state index contributed by atoms with van der Waals surface area (Å²) < 4.78 is 5.75. The van der Waals surface area contributed by atoms with Gasteiger partial charge in [-0.05, 0) is 29.8 Å². The Labute approximate surface area is 138 Å². The molecule has 0 unspecified atom stereocenters. The van der Waals surface area contributed by atoms with Crippen LogP contribution in [0, 0.1) is 0 Å². The van der Waals surface area contributed by atoms with Crippen molar-refractivity contribution in [2.24, 2.45) is 0 Å². The average Bonchev–Trinajstić information content (AvgIpc) is 2.93. The maximum absolute atomic E-state index is 5.75. The molecule has 3 rings (SSSR count). The third-order valence-electron chi connectivity index (χ3n) is 2.92. The zero-order chi connectivity index (χ0) is 13.8. The molecule has 0 bridgehead atoms. The van der Waals surface area contributed by atoms with Gasteiger partial charge in [0.2, 0.25) is 0 Å². The molecule has 108 valence electrons. The molecular weight excluding hydrogens is 348 g/mol. The van der Waals surface area contributed by atoms with Crippen LogP contribution in [0.1, 0.15) is 5.56 Å². The van der Waals surface area contributed by atoms with Crippen LogP contribution in [0.2, 0.25) is 0 Å². The molecule has 0 saturated heterocycles. The maximum atomic E-state index is 5.75. The third kappa shape index (κ3) is 4.06. The first-order valence-corrected chi connectivity index (χ1v) is 7.17. The molecule has 0 saturated carbocycles. The first-order valence-electron chi connectivity index (χ1n) is 6.29. The Morgan fingerprint density at radius 2 is 1.71 bits per heavy atom. The third-order valence-corrected chi connectivity index (χ3v) is 3.59. The van der Waals surface area contributed by atoms with Gasteiger partial charge in [0.25, 0.3) is 0 Å². The standard InChI is InChI=1S/C16H14N2OS.BrH/c17-16-18-15(11-20-16)13-6-8-14(9-7-13)19-10-12-4-2-1-3-5-12;/h1-9,11H,10H2,(H2,17,18);1H. The maximum Gasteiger partial charge on any atom is 0.180 e. The highest BCUT2D eigenvalue weighted by atomic mass is 79.9. The van der Waals surface area contributed by atoms with Gasteiger partial charge in [-0.3, -0.25) is 0 Å². The zero-order valence-electron chi connectivity index (χ0n) is 11.2. The Bertz CT molecular complexity index is 683. The number of aromatic nitrogens is 1. The number of benzene rings is 2. The largest absolute Gasteiger partial charge is 0.489 e. The van der Waals surface area contributed by atoms with E-state index in [1.165, 1.54) is 11.3 Å². The van der Waals surface area contributed by atoms with Crippen molar-refractivity contribution in [1.82, 2.24) is 4.98 Å². The van der Waals surface area contributed by atoms with Gasteiger partial charge in [-0.2, -0.15) is 0 Å². The molecule has 0 fully saturated rings. The Balaban J connectivity index is 0.00000161. The second-order valence-corrected chi connectivity index (χ2v) is 5.26. The van der Waals surface area contributed by atoms with E-state index in [1.54, 1.807) is 0 Å². The lowest BCUT2D eigenvalue weighted by Gasteiger charge is -2.06. The minimum atomic E-state index is 0. The molecule has 0 radical (unpaired) electrons. The van der Waals surface area contributed by atoms with Crippen LogP contribution < -0.4 is 10.5 Å². The summed E-state index contributed by atoms with van der Waals surface area (Å²) in [5.74, 6) is 0.848. The molecule has 1 heterocycles. The van der Waals surface area contributed by atoms with E-state index in [0.717, 1.165) is 22.6 Å². The fraction of sp³-hybridized carbons (Fsp3) is 0.0625. The SMILES string of the molecule is Br.Nc1nc(-c2ccc(OCc3ccccc3)cc2)cs1. The van der Waals surface area contributed by atoms with Crippen LogP contribution in [-0.4, -0.2) is 4.98 Å². The van der Waals surface area contributed by atoms with Crippen molar-refractivity contribution < 1.29 is 4.74 Å². The van der Waals surface area contributed by atoms with Crippen molar-refractivity contribution in [1.29, 1.82) is 0 Å². The summed E-state index contributed by atoms with van der Waals surface area (Å²) in [5, 5.41) is 2.54. The number of ether oxygens (including phenoxy) is 1. The molecule has 0 spiro atoms. The first kappa shape index (κ1) is 15.5. The first-order chi connectivity index (χ1) is 9.81. The summed E-state index contributed by atoms with van der Waals surface area (Å²) >= 11 is 1.45. The summed E-state index contributed by atoms with van der Waals surface area (Å²) in [7, 11) is 0. The highest BCUT2D eigenvalue weighted by Gasteiger charge is 2.03. The summed E-state index contributed by atoms with van der Waals surface area (Å²) in [5.41, 5.74) is 8.75. The van der Waals surface area contributed by atoms with Crippen LogP contribution in [0.4, 0.5) is 5.13 Å². The Morgan fingerprint density at radius 3 is 2.33 bits per heavy atom. The number of anilines is 1. The van der Waals surface area contributed by atoms with Gasteiger partial charge in [-0.1, -0.05) is 30.3 Å². The van der Waals surface area contributed by atoms with Crippen molar-refractivity contribution >= 4 is 33.4 Å². The van der Waals surface area contributed by atoms with Crippen molar-refractivity contribution in [2.45, 2.75) is 6.61 Å². The van der Waals surface area contributed by atoms with Crippen molar-refractivity contribution in [3.05, 3.63) is 65.5 Å². The highest BCUT2D eigenvalue weighted by Crippen LogP contribution is 2.25. The molecule has 0 aliphatic carbocycles. The molecule has 5 heteroatoms. The number of nitrogens with zero attached hydrogens (tertiary/aromatic N) is 1. The van der Waals surface area contributed by atoms with E-state index in [1.807, 2.05) is 60.0 Å². The molecule has 2 N–H and O–H groups in total. The summed E-state index contributed by atoms with van der Waals surface area (Å²) in [4.78, 5) is 4.26. The van der Waals surface area contributed by atoms with Crippen LogP contribution >= 0.6 is 28.3 Å². The predicted octanol–water partition coefficient (Wildman–Crippen LogP) is 4.55. The van der Waals surface area contributed by atoms with E-state index in [9.17, 15) is 0 Å². The van der Waals surface area contributed by atoms with Crippen LogP contribution in [0.5, 0.6) is 5.75 Å². The number of thiazole rings is 1. The number of halogens is 1. The fourth-order valence-corrected chi connectivity index (χ4v) is 2.46. The van der Waals surface area contributed by atoms with Gasteiger partial charge in [0, 0.05) is 10.9 Å². The number of hydrogen-bond acceptors (Lipinski definition) is 4. The second kappa shape index (κ2) is 7.24. The summed E-state index contributed by atoms with van der Waals surface area (Å²) in [6.07, 6.45) is 0. The lowest BCUT2D eigenvalue weighted by molar-refractivity contribution is 0.306. The van der Waals surface area contributed by atoms with Crippen molar-refractivity contribution in [3.63, 3.8) is 0 Å². The molecule has 21 heavy (non-hydrogen) atoms. The zero-order valence-corrected chi connectivity index (χ0v) is 13.8. The average molecular weight is 363 g/mol. The minimum absolute atomic E-state index is 0. The van der Waals surface area contributed by atoms with Crippen molar-refractivity contribution in [3.8, 4) is 17.0 Å². The lowest BCUT2D eigenvalue weighted by Crippen LogP contribution is -1.94. The fourth-order valence-electron chi connectivity index (χ4n) is 1.88. The number of rotatable bonds is 4. The molecule has 0 aliphatic heterocycles. The van der Waals surface area contributed by atoms with E-state index in [2.05, 4.69) is 4.98 Å². The molecule has 3 aromatic rings. The van der Waals surface area contributed by atoms with E-state index >= 15 is 0 Å². The van der Waals surface area contributed by atoms with Gasteiger partial charge in [0.05, 0.1) is 5.69 Å². The second-order valence-electron chi connectivity index (χ2n) is 4.37. The smallest absolute Gasteiger partial charge is 0.180 e. The van der Waals surface area contributed by atoms with Gasteiger partial charge in [-0.25, -0.2) is 4.98 Å². The monoisotopic (exact) mass is 362 g/mol. The van der Waals surface area contributed by atoms with Gasteiger partial charge in [0.15, 0.2) is 5.13 Å². The van der Waals surface area contributed by atoms with Crippen LogP contribution in [0.3, 0.4) is 0 Å². The molecule has 1 aromatic heterocycles. The van der Waals surface area contributed by atoms with E-state index in [-0.39, 0.29) is 17.0 Å². The summed E-state index contributed by atoms with van der Waals surface area (Å²) in [6.45, 7) is 0.573.